The zero-order valence-corrected chi connectivity index (χ0v) is 7.83. The largest absolute Gasteiger partial charge is 0.481 e. The van der Waals surface area contributed by atoms with Gasteiger partial charge in [-0.25, -0.2) is 4.68 Å². The molecule has 1 aliphatic carbocycles. The van der Waals surface area contributed by atoms with Crippen LogP contribution in [-0.4, -0.2) is 32.0 Å². The maximum atomic E-state index is 10.7. The van der Waals surface area contributed by atoms with Crippen molar-refractivity contribution in [2.24, 2.45) is 11.7 Å². The fourth-order valence-corrected chi connectivity index (χ4v) is 1.57. The highest BCUT2D eigenvalue weighted by Crippen LogP contribution is 2.37. The fraction of sp³-hybridized carbons (Fsp3) is 0.500. The second kappa shape index (κ2) is 3.34. The van der Waals surface area contributed by atoms with Crippen LogP contribution >= 0.6 is 0 Å². The lowest BCUT2D eigenvalue weighted by Gasteiger charge is -2.31. The highest BCUT2D eigenvalue weighted by atomic mass is 16.4. The van der Waals surface area contributed by atoms with Crippen LogP contribution in [0.3, 0.4) is 0 Å². The number of carboxylic acid groups (broad SMARTS) is 1. The van der Waals surface area contributed by atoms with Crippen LogP contribution in [0.1, 0.15) is 29.4 Å². The van der Waals surface area contributed by atoms with Gasteiger partial charge in [0, 0.05) is 0 Å². The van der Waals surface area contributed by atoms with Crippen LogP contribution in [0.15, 0.2) is 6.20 Å². The van der Waals surface area contributed by atoms with E-state index in [1.807, 2.05) is 0 Å². The molecule has 0 unspecified atom stereocenters. The third-order valence-corrected chi connectivity index (χ3v) is 2.60. The van der Waals surface area contributed by atoms with Gasteiger partial charge in [-0.1, -0.05) is 5.21 Å². The molecule has 0 atom stereocenters. The van der Waals surface area contributed by atoms with Crippen molar-refractivity contribution in [2.45, 2.75) is 18.9 Å². The summed E-state index contributed by atoms with van der Waals surface area (Å²) in [6.45, 7) is 0. The van der Waals surface area contributed by atoms with E-state index in [0.717, 1.165) is 0 Å². The maximum absolute atomic E-state index is 10.7. The average molecular weight is 210 g/mol. The molecule has 0 bridgehead atoms. The molecular weight excluding hydrogens is 200 g/mol. The lowest BCUT2D eigenvalue weighted by Crippen LogP contribution is -2.32. The number of aromatic nitrogens is 3. The van der Waals surface area contributed by atoms with Gasteiger partial charge in [-0.05, 0) is 12.8 Å². The monoisotopic (exact) mass is 210 g/mol. The molecule has 0 spiro atoms. The number of aliphatic carboxylic acids is 1. The average Bonchev–Trinajstić information content (AvgIpc) is 2.49. The van der Waals surface area contributed by atoms with Crippen molar-refractivity contribution in [2.75, 3.05) is 0 Å². The van der Waals surface area contributed by atoms with Crippen LogP contribution < -0.4 is 5.73 Å². The van der Waals surface area contributed by atoms with Gasteiger partial charge in [0.2, 0.25) is 0 Å². The van der Waals surface area contributed by atoms with Crippen molar-refractivity contribution < 1.29 is 14.7 Å². The van der Waals surface area contributed by atoms with Gasteiger partial charge in [-0.3, -0.25) is 9.59 Å². The zero-order chi connectivity index (χ0) is 11.0. The number of hydrogen-bond acceptors (Lipinski definition) is 4. The zero-order valence-electron chi connectivity index (χ0n) is 7.83. The van der Waals surface area contributed by atoms with Gasteiger partial charge in [0.05, 0.1) is 18.2 Å². The number of primary amides is 1. The highest BCUT2D eigenvalue weighted by molar-refractivity contribution is 5.90. The number of carbonyl (C=O) groups excluding carboxylic acids is 1. The Balaban J connectivity index is 2.01. The molecule has 1 fully saturated rings. The SMILES string of the molecule is NC(=O)c1cn(C2CC(C(=O)O)C2)nn1. The molecule has 0 aliphatic heterocycles. The number of nitrogens with zero attached hydrogens (tertiary/aromatic N) is 3. The van der Waals surface area contributed by atoms with Crippen LogP contribution in [0.25, 0.3) is 0 Å². The second-order valence-corrected chi connectivity index (χ2v) is 3.61. The van der Waals surface area contributed by atoms with E-state index in [0.29, 0.717) is 12.8 Å². The van der Waals surface area contributed by atoms with Crippen LogP contribution in [-0.2, 0) is 4.79 Å². The summed E-state index contributed by atoms with van der Waals surface area (Å²) in [5, 5.41) is 16.0. The van der Waals surface area contributed by atoms with Crippen molar-refractivity contribution in [3.8, 4) is 0 Å². The first-order valence-corrected chi connectivity index (χ1v) is 4.52. The quantitative estimate of drug-likeness (QED) is 0.692. The number of amides is 1. The highest BCUT2D eigenvalue weighted by Gasteiger charge is 2.36. The Morgan fingerprint density at radius 3 is 2.67 bits per heavy atom. The van der Waals surface area contributed by atoms with Gasteiger partial charge in [0.25, 0.3) is 5.91 Å². The molecule has 2 rings (SSSR count). The van der Waals surface area contributed by atoms with E-state index in [9.17, 15) is 9.59 Å². The fourth-order valence-electron chi connectivity index (χ4n) is 1.57. The molecule has 1 amide bonds. The molecule has 1 heterocycles. The summed E-state index contributed by atoms with van der Waals surface area (Å²) in [5.74, 6) is -1.73. The smallest absolute Gasteiger partial charge is 0.306 e. The van der Waals surface area contributed by atoms with Gasteiger partial charge in [-0.2, -0.15) is 0 Å². The molecule has 0 aromatic carbocycles. The number of nitrogens with two attached hydrogens (primary N) is 1. The van der Waals surface area contributed by atoms with E-state index in [4.69, 9.17) is 10.8 Å². The third-order valence-electron chi connectivity index (χ3n) is 2.60. The van der Waals surface area contributed by atoms with Gasteiger partial charge in [-0.15, -0.1) is 5.10 Å². The summed E-state index contributed by atoms with van der Waals surface area (Å²) >= 11 is 0. The lowest BCUT2D eigenvalue weighted by molar-refractivity contribution is -0.146. The molecule has 15 heavy (non-hydrogen) atoms. The Morgan fingerprint density at radius 2 is 2.20 bits per heavy atom. The Morgan fingerprint density at radius 1 is 1.53 bits per heavy atom. The molecule has 3 N–H and O–H groups in total. The first-order chi connectivity index (χ1) is 7.08. The van der Waals surface area contributed by atoms with E-state index in [1.165, 1.54) is 10.9 Å². The predicted molar refractivity (Wildman–Crippen MR) is 47.9 cm³/mol. The topological polar surface area (TPSA) is 111 Å². The van der Waals surface area contributed by atoms with E-state index >= 15 is 0 Å². The van der Waals surface area contributed by atoms with Gasteiger partial charge in [0.1, 0.15) is 0 Å². The Hall–Kier alpha value is -1.92. The minimum absolute atomic E-state index is 0.0201. The number of carboxylic acids is 1. The predicted octanol–water partition coefficient (Wildman–Crippen LogP) is -0.587. The molecule has 7 heteroatoms. The third kappa shape index (κ3) is 1.67. The number of carbonyl (C=O) groups is 2. The molecular formula is C8H10N4O3. The molecule has 1 aromatic rings. The van der Waals surface area contributed by atoms with Gasteiger partial charge in [0.15, 0.2) is 5.69 Å². The number of hydrogen-bond donors (Lipinski definition) is 2. The minimum Gasteiger partial charge on any atom is -0.481 e. The van der Waals surface area contributed by atoms with Crippen molar-refractivity contribution in [1.29, 1.82) is 0 Å². The molecule has 1 aromatic heterocycles. The summed E-state index contributed by atoms with van der Waals surface area (Å²) in [6, 6.07) is 0.0201. The van der Waals surface area contributed by atoms with E-state index < -0.39 is 11.9 Å². The number of rotatable bonds is 3. The van der Waals surface area contributed by atoms with Crippen LogP contribution in [0.2, 0.25) is 0 Å². The Labute approximate surface area is 84.9 Å². The molecule has 1 saturated carbocycles. The van der Waals surface area contributed by atoms with Crippen LogP contribution in [0, 0.1) is 5.92 Å². The maximum Gasteiger partial charge on any atom is 0.306 e. The van der Waals surface area contributed by atoms with Crippen molar-refractivity contribution in [3.05, 3.63) is 11.9 Å². The molecule has 1 aliphatic rings. The lowest BCUT2D eigenvalue weighted by atomic mass is 9.80. The summed E-state index contributed by atoms with van der Waals surface area (Å²) in [4.78, 5) is 21.3. The summed E-state index contributed by atoms with van der Waals surface area (Å²) in [7, 11) is 0. The Bertz CT molecular complexity index is 408. The van der Waals surface area contributed by atoms with Gasteiger partial charge >= 0.3 is 5.97 Å². The van der Waals surface area contributed by atoms with E-state index in [-0.39, 0.29) is 17.7 Å². The van der Waals surface area contributed by atoms with E-state index in [1.54, 1.807) is 0 Å². The molecule has 80 valence electrons. The van der Waals surface area contributed by atoms with Crippen molar-refractivity contribution in [3.63, 3.8) is 0 Å². The first kappa shape index (κ1) is 9.63. The minimum atomic E-state index is -0.790. The van der Waals surface area contributed by atoms with Crippen LogP contribution in [0.4, 0.5) is 0 Å². The van der Waals surface area contributed by atoms with E-state index in [2.05, 4.69) is 10.3 Å². The Kier molecular flexibility index (Phi) is 2.14. The summed E-state index contributed by atoms with van der Waals surface area (Å²) < 4.78 is 1.50. The van der Waals surface area contributed by atoms with Crippen LogP contribution in [0.5, 0.6) is 0 Å². The first-order valence-electron chi connectivity index (χ1n) is 4.52. The summed E-state index contributed by atoms with van der Waals surface area (Å²) in [6.07, 6.45) is 2.50. The van der Waals surface area contributed by atoms with Crippen molar-refractivity contribution in [1.82, 2.24) is 15.0 Å². The molecule has 7 nitrogen and oxygen atoms in total. The molecule has 0 saturated heterocycles. The summed E-state index contributed by atoms with van der Waals surface area (Å²) in [5.41, 5.74) is 5.12. The standard InChI is InChI=1S/C8H10N4O3/c9-7(13)6-3-12(11-10-6)5-1-4(2-5)8(14)15/h3-5H,1-2H2,(H2,9,13)(H,14,15). The second-order valence-electron chi connectivity index (χ2n) is 3.61. The molecule has 0 radical (unpaired) electrons. The van der Waals surface area contributed by atoms with Crippen molar-refractivity contribution >= 4 is 11.9 Å². The normalized spacial score (nSPS) is 24.5. The van der Waals surface area contributed by atoms with Gasteiger partial charge < -0.3 is 10.8 Å².